The van der Waals surface area contributed by atoms with Crippen molar-refractivity contribution in [2.24, 2.45) is 0 Å². The molecule has 0 atom stereocenters. The van der Waals surface area contributed by atoms with Crippen LogP contribution in [-0.2, 0) is 20.8 Å². The molecule has 1 N–H and O–H groups in total. The fourth-order valence-corrected chi connectivity index (χ4v) is 3.59. The predicted octanol–water partition coefficient (Wildman–Crippen LogP) is 1.91. The van der Waals surface area contributed by atoms with Gasteiger partial charge < -0.3 is 24.0 Å². The maximum atomic E-state index is 13.0. The topological polar surface area (TPSA) is 98.1 Å². The average Bonchev–Trinajstić information content (AvgIpc) is 2.77. The van der Waals surface area contributed by atoms with E-state index in [2.05, 4.69) is 4.74 Å². The zero-order chi connectivity index (χ0) is 21.3. The number of para-hydroxylation sites is 1. The lowest BCUT2D eigenvalue weighted by molar-refractivity contribution is -0.125. The Hall–Kier alpha value is -3.65. The Morgan fingerprint density at radius 2 is 1.87 bits per heavy atom. The van der Waals surface area contributed by atoms with Gasteiger partial charge in [-0.1, -0.05) is 24.3 Å². The minimum Gasteiger partial charge on any atom is -0.506 e. The fraction of sp³-hybridized carbons (Fsp3) is 0.227. The summed E-state index contributed by atoms with van der Waals surface area (Å²) in [5.41, 5.74) is 1.02. The molecular weight excluding hydrogens is 388 g/mol. The third kappa shape index (κ3) is 3.42. The molecule has 0 saturated carbocycles. The highest BCUT2D eigenvalue weighted by atomic mass is 16.5. The third-order valence-electron chi connectivity index (χ3n) is 5.11. The zero-order valence-corrected chi connectivity index (χ0v) is 16.3. The zero-order valence-electron chi connectivity index (χ0n) is 16.3. The Balaban J connectivity index is 1.74. The first-order chi connectivity index (χ1) is 14.5. The molecule has 1 aliphatic rings. The van der Waals surface area contributed by atoms with Gasteiger partial charge in [0.1, 0.15) is 12.4 Å². The fourth-order valence-electron chi connectivity index (χ4n) is 3.59. The number of morpholine rings is 1. The normalized spacial score (nSPS) is 14.2. The first-order valence-electron chi connectivity index (χ1n) is 9.41. The van der Waals surface area contributed by atoms with Gasteiger partial charge in [0.25, 0.3) is 11.5 Å². The molecule has 0 radical (unpaired) electrons. The second-order valence-corrected chi connectivity index (χ2v) is 6.89. The Morgan fingerprint density at radius 1 is 1.13 bits per heavy atom. The number of amides is 1. The molecule has 4 rings (SSSR count). The van der Waals surface area contributed by atoms with Gasteiger partial charge in [-0.2, -0.15) is 0 Å². The number of anilines is 1. The van der Waals surface area contributed by atoms with Crippen LogP contribution in [0.1, 0.15) is 15.9 Å². The van der Waals surface area contributed by atoms with Crippen molar-refractivity contribution in [3.63, 3.8) is 0 Å². The van der Waals surface area contributed by atoms with Crippen molar-refractivity contribution in [2.45, 2.75) is 6.54 Å². The number of pyridine rings is 1. The van der Waals surface area contributed by atoms with E-state index in [1.165, 1.54) is 4.57 Å². The highest BCUT2D eigenvalue weighted by Crippen LogP contribution is 2.27. The molecule has 1 amide bonds. The molecule has 8 heteroatoms. The summed E-state index contributed by atoms with van der Waals surface area (Å²) in [6, 6.07) is 14.1. The van der Waals surface area contributed by atoms with Crippen LogP contribution in [0.2, 0.25) is 0 Å². The van der Waals surface area contributed by atoms with Crippen LogP contribution in [0.15, 0.2) is 53.3 Å². The Bertz CT molecular complexity index is 1180. The van der Waals surface area contributed by atoms with Gasteiger partial charge in [0.05, 0.1) is 25.8 Å². The molecule has 2 aromatic carbocycles. The van der Waals surface area contributed by atoms with Gasteiger partial charge in [0, 0.05) is 17.6 Å². The van der Waals surface area contributed by atoms with Gasteiger partial charge in [-0.25, -0.2) is 4.79 Å². The summed E-state index contributed by atoms with van der Waals surface area (Å²) in [6.07, 6.45) is 0. The summed E-state index contributed by atoms with van der Waals surface area (Å²) in [5.74, 6) is -1.38. The van der Waals surface area contributed by atoms with Crippen LogP contribution >= 0.6 is 0 Å². The van der Waals surface area contributed by atoms with Crippen LogP contribution < -0.4 is 10.5 Å². The maximum Gasteiger partial charge on any atom is 0.347 e. The summed E-state index contributed by atoms with van der Waals surface area (Å²) in [5, 5.41) is 10.8. The smallest absolute Gasteiger partial charge is 0.347 e. The molecule has 0 spiro atoms. The van der Waals surface area contributed by atoms with E-state index in [0.29, 0.717) is 24.1 Å². The number of aromatic hydroxyl groups is 1. The number of benzene rings is 2. The molecule has 30 heavy (non-hydrogen) atoms. The highest BCUT2D eigenvalue weighted by Gasteiger charge is 2.23. The molecule has 0 unspecified atom stereocenters. The van der Waals surface area contributed by atoms with Crippen molar-refractivity contribution in [1.82, 2.24) is 4.57 Å². The predicted molar refractivity (Wildman–Crippen MR) is 110 cm³/mol. The SMILES string of the molecule is COC(=O)c1c(O)c2ccccc2n(Cc2ccc(N3CCOCC3=O)cc2)c1=O. The van der Waals surface area contributed by atoms with Gasteiger partial charge in [-0.05, 0) is 29.8 Å². The Morgan fingerprint density at radius 3 is 2.57 bits per heavy atom. The van der Waals surface area contributed by atoms with Crippen LogP contribution in [0.3, 0.4) is 0 Å². The first kappa shape index (κ1) is 19.7. The van der Waals surface area contributed by atoms with Gasteiger partial charge in [0.15, 0.2) is 5.56 Å². The van der Waals surface area contributed by atoms with Crippen LogP contribution in [-0.4, -0.2) is 48.4 Å². The number of methoxy groups -OCH3 is 1. The van der Waals surface area contributed by atoms with Crippen LogP contribution in [0.25, 0.3) is 10.9 Å². The lowest BCUT2D eigenvalue weighted by Gasteiger charge is -2.27. The molecule has 2 heterocycles. The molecule has 0 bridgehead atoms. The quantitative estimate of drug-likeness (QED) is 0.663. The lowest BCUT2D eigenvalue weighted by Crippen LogP contribution is -2.41. The molecule has 3 aromatic rings. The van der Waals surface area contributed by atoms with E-state index in [4.69, 9.17) is 4.74 Å². The number of nitrogens with zero attached hydrogens (tertiary/aromatic N) is 2. The van der Waals surface area contributed by atoms with E-state index in [1.54, 1.807) is 29.2 Å². The van der Waals surface area contributed by atoms with E-state index in [9.17, 15) is 19.5 Å². The summed E-state index contributed by atoms with van der Waals surface area (Å²) in [4.78, 5) is 38.8. The first-order valence-corrected chi connectivity index (χ1v) is 9.41. The van der Waals surface area contributed by atoms with Crippen molar-refractivity contribution in [3.05, 3.63) is 70.0 Å². The minimum atomic E-state index is -0.891. The monoisotopic (exact) mass is 408 g/mol. The number of hydrogen-bond acceptors (Lipinski definition) is 6. The number of hydrogen-bond donors (Lipinski definition) is 1. The van der Waals surface area contributed by atoms with E-state index in [-0.39, 0.29) is 24.8 Å². The highest BCUT2D eigenvalue weighted by molar-refractivity contribution is 5.99. The second kappa shape index (κ2) is 8.00. The molecule has 0 aliphatic carbocycles. The number of rotatable bonds is 4. The van der Waals surface area contributed by atoms with Crippen molar-refractivity contribution in [2.75, 3.05) is 31.8 Å². The number of carbonyl (C=O) groups excluding carboxylic acids is 2. The largest absolute Gasteiger partial charge is 0.506 e. The number of aromatic nitrogens is 1. The Labute approximate surface area is 171 Å². The summed E-state index contributed by atoms with van der Waals surface area (Å²) in [7, 11) is 1.16. The summed E-state index contributed by atoms with van der Waals surface area (Å²) < 4.78 is 11.3. The molecule has 1 aliphatic heterocycles. The van der Waals surface area contributed by atoms with Crippen LogP contribution in [0.4, 0.5) is 5.69 Å². The van der Waals surface area contributed by atoms with Crippen LogP contribution in [0.5, 0.6) is 5.75 Å². The van der Waals surface area contributed by atoms with Gasteiger partial charge >= 0.3 is 5.97 Å². The van der Waals surface area contributed by atoms with Crippen molar-refractivity contribution in [3.8, 4) is 5.75 Å². The molecule has 1 fully saturated rings. The number of carbonyl (C=O) groups is 2. The van der Waals surface area contributed by atoms with E-state index in [0.717, 1.165) is 18.4 Å². The van der Waals surface area contributed by atoms with Gasteiger partial charge in [0.2, 0.25) is 0 Å². The second-order valence-electron chi connectivity index (χ2n) is 6.89. The molecule has 8 nitrogen and oxygen atoms in total. The third-order valence-corrected chi connectivity index (χ3v) is 5.11. The van der Waals surface area contributed by atoms with Crippen molar-refractivity contribution >= 4 is 28.5 Å². The van der Waals surface area contributed by atoms with Gasteiger partial charge in [-0.15, -0.1) is 0 Å². The molecule has 1 saturated heterocycles. The molecular formula is C22H20N2O6. The van der Waals surface area contributed by atoms with Crippen LogP contribution in [0, 0.1) is 0 Å². The lowest BCUT2D eigenvalue weighted by atomic mass is 10.1. The van der Waals surface area contributed by atoms with E-state index in [1.807, 2.05) is 24.3 Å². The van der Waals surface area contributed by atoms with Crippen molar-refractivity contribution in [1.29, 1.82) is 0 Å². The Kier molecular flexibility index (Phi) is 5.24. The maximum absolute atomic E-state index is 13.0. The number of ether oxygens (including phenoxy) is 2. The summed E-state index contributed by atoms with van der Waals surface area (Å²) in [6.45, 7) is 1.22. The van der Waals surface area contributed by atoms with Crippen molar-refractivity contribution < 1.29 is 24.2 Å². The molecule has 154 valence electrons. The number of fused-ring (bicyclic) bond motifs is 1. The van der Waals surface area contributed by atoms with Gasteiger partial charge in [-0.3, -0.25) is 9.59 Å². The standard InChI is InChI=1S/C22H20N2O6/c1-29-22(28)19-20(26)16-4-2-3-5-17(16)24(21(19)27)12-14-6-8-15(9-7-14)23-10-11-30-13-18(23)25/h2-9,26H,10-13H2,1H3. The average molecular weight is 408 g/mol. The van der Waals surface area contributed by atoms with E-state index >= 15 is 0 Å². The molecule has 1 aromatic heterocycles. The summed E-state index contributed by atoms with van der Waals surface area (Å²) >= 11 is 0. The van der Waals surface area contributed by atoms with E-state index < -0.39 is 17.1 Å². The minimum absolute atomic E-state index is 0.0624. The number of esters is 1.